The molecule has 0 radical (unpaired) electrons. The second-order valence-corrected chi connectivity index (χ2v) is 8.59. The highest BCUT2D eigenvalue weighted by Crippen LogP contribution is 2.39. The molecule has 2 aromatic carbocycles. The van der Waals surface area contributed by atoms with E-state index < -0.39 is 53.5 Å². The molecule has 13 heteroatoms. The fourth-order valence-electron chi connectivity index (χ4n) is 4.15. The Morgan fingerprint density at radius 3 is 2.30 bits per heavy atom. The summed E-state index contributed by atoms with van der Waals surface area (Å²) >= 11 is 0. The van der Waals surface area contributed by atoms with Crippen molar-refractivity contribution in [1.82, 2.24) is 15.1 Å². The SMILES string of the molecule is C[C@H](NC(=O)c1c(C(F)(F)F)nn2c1N(Cc1ccc(C(F)(F)F)cc1)CC2)c1ccc(CO)c(F)c1. The second-order valence-electron chi connectivity index (χ2n) is 8.59. The number of fused-ring (bicyclic) bond motifs is 1. The van der Waals surface area contributed by atoms with Crippen molar-refractivity contribution in [3.8, 4) is 0 Å². The lowest BCUT2D eigenvalue weighted by molar-refractivity contribution is -0.142. The number of carbonyl (C=O) groups is 1. The Hall–Kier alpha value is -3.61. The molecule has 1 atom stereocenters. The fourth-order valence-corrected chi connectivity index (χ4v) is 4.15. The van der Waals surface area contributed by atoms with Gasteiger partial charge >= 0.3 is 12.4 Å². The maximum Gasteiger partial charge on any atom is 0.436 e. The smallest absolute Gasteiger partial charge is 0.392 e. The van der Waals surface area contributed by atoms with Gasteiger partial charge in [-0.15, -0.1) is 0 Å². The van der Waals surface area contributed by atoms with Crippen LogP contribution in [0.2, 0.25) is 0 Å². The van der Waals surface area contributed by atoms with Crippen LogP contribution in [0.4, 0.5) is 36.6 Å². The van der Waals surface area contributed by atoms with Gasteiger partial charge in [0.25, 0.3) is 5.91 Å². The summed E-state index contributed by atoms with van der Waals surface area (Å²) in [4.78, 5) is 14.6. The van der Waals surface area contributed by atoms with Gasteiger partial charge in [-0.05, 0) is 36.2 Å². The minimum absolute atomic E-state index is 0.0231. The minimum atomic E-state index is -4.96. The summed E-state index contributed by atoms with van der Waals surface area (Å²) in [5.41, 5.74) is -2.30. The van der Waals surface area contributed by atoms with Crippen molar-refractivity contribution < 1.29 is 40.6 Å². The van der Waals surface area contributed by atoms with E-state index in [1.165, 1.54) is 36.1 Å². The zero-order chi connectivity index (χ0) is 27.1. The Morgan fingerprint density at radius 2 is 1.73 bits per heavy atom. The van der Waals surface area contributed by atoms with E-state index >= 15 is 0 Å². The quantitative estimate of drug-likeness (QED) is 0.437. The highest BCUT2D eigenvalue weighted by Gasteiger charge is 2.44. The van der Waals surface area contributed by atoms with E-state index in [2.05, 4.69) is 10.4 Å². The van der Waals surface area contributed by atoms with E-state index in [1.807, 2.05) is 0 Å². The van der Waals surface area contributed by atoms with Gasteiger partial charge in [-0.2, -0.15) is 31.4 Å². The third-order valence-corrected chi connectivity index (χ3v) is 6.05. The summed E-state index contributed by atoms with van der Waals surface area (Å²) in [5, 5.41) is 15.1. The van der Waals surface area contributed by atoms with Crippen molar-refractivity contribution in [2.75, 3.05) is 11.4 Å². The van der Waals surface area contributed by atoms with Crippen LogP contribution in [0.1, 0.15) is 51.3 Å². The van der Waals surface area contributed by atoms with Gasteiger partial charge in [-0.25, -0.2) is 9.07 Å². The number of alkyl halides is 6. The molecule has 0 aliphatic carbocycles. The number of aliphatic hydroxyl groups is 1. The van der Waals surface area contributed by atoms with Crippen LogP contribution in [0.15, 0.2) is 42.5 Å². The van der Waals surface area contributed by atoms with E-state index in [0.29, 0.717) is 5.56 Å². The zero-order valence-electron chi connectivity index (χ0n) is 19.3. The normalized spacial score (nSPS) is 14.6. The average molecular weight is 530 g/mol. The first-order valence-corrected chi connectivity index (χ1v) is 11.1. The number of nitrogens with zero attached hydrogens (tertiary/aromatic N) is 3. The van der Waals surface area contributed by atoms with Crippen molar-refractivity contribution in [2.24, 2.45) is 0 Å². The molecule has 0 saturated carbocycles. The van der Waals surface area contributed by atoms with Gasteiger partial charge < -0.3 is 15.3 Å². The predicted molar refractivity (Wildman–Crippen MR) is 118 cm³/mol. The lowest BCUT2D eigenvalue weighted by Crippen LogP contribution is -2.31. The summed E-state index contributed by atoms with van der Waals surface area (Å²) < 4.78 is 95.1. The van der Waals surface area contributed by atoms with Crippen LogP contribution in [-0.4, -0.2) is 27.3 Å². The van der Waals surface area contributed by atoms with Gasteiger partial charge in [0.05, 0.1) is 24.8 Å². The number of amides is 1. The molecule has 4 rings (SSSR count). The first-order valence-electron chi connectivity index (χ1n) is 11.1. The van der Waals surface area contributed by atoms with Crippen LogP contribution in [0.5, 0.6) is 0 Å². The molecule has 2 heterocycles. The molecule has 0 bridgehead atoms. The molecule has 0 saturated heterocycles. The van der Waals surface area contributed by atoms with Crippen LogP contribution >= 0.6 is 0 Å². The summed E-state index contributed by atoms with van der Waals surface area (Å²) in [6.45, 7) is 1.09. The van der Waals surface area contributed by atoms with Gasteiger partial charge in [0.1, 0.15) is 17.2 Å². The molecule has 1 aromatic heterocycles. The molecule has 2 N–H and O–H groups in total. The Kier molecular flexibility index (Phi) is 6.93. The molecule has 37 heavy (non-hydrogen) atoms. The van der Waals surface area contributed by atoms with Crippen molar-refractivity contribution in [3.63, 3.8) is 0 Å². The number of rotatable bonds is 6. The summed E-state index contributed by atoms with van der Waals surface area (Å²) in [6.07, 6.45) is -9.49. The molecule has 0 unspecified atom stereocenters. The van der Waals surface area contributed by atoms with E-state index in [9.17, 15) is 35.5 Å². The van der Waals surface area contributed by atoms with Crippen LogP contribution < -0.4 is 10.2 Å². The third-order valence-electron chi connectivity index (χ3n) is 6.05. The summed E-state index contributed by atoms with van der Waals surface area (Å²) in [6, 6.07) is 7.11. The molecule has 1 amide bonds. The van der Waals surface area contributed by atoms with Gasteiger partial charge in [-0.1, -0.05) is 24.3 Å². The molecule has 6 nitrogen and oxygen atoms in total. The number of hydrogen-bond acceptors (Lipinski definition) is 4. The summed E-state index contributed by atoms with van der Waals surface area (Å²) in [5.74, 6) is -1.93. The Bertz CT molecular complexity index is 1300. The number of aromatic nitrogens is 2. The minimum Gasteiger partial charge on any atom is -0.392 e. The van der Waals surface area contributed by atoms with Crippen LogP contribution in [0.25, 0.3) is 0 Å². The van der Waals surface area contributed by atoms with Crippen molar-refractivity contribution >= 4 is 11.7 Å². The number of benzene rings is 2. The van der Waals surface area contributed by atoms with Crippen molar-refractivity contribution in [1.29, 1.82) is 0 Å². The molecule has 1 aliphatic rings. The number of aliphatic hydroxyl groups excluding tert-OH is 1. The molecular formula is C24H21F7N4O2. The lowest BCUT2D eigenvalue weighted by Gasteiger charge is -2.21. The first-order chi connectivity index (χ1) is 17.3. The molecule has 1 aliphatic heterocycles. The second kappa shape index (κ2) is 9.69. The van der Waals surface area contributed by atoms with E-state index in [-0.39, 0.29) is 36.6 Å². The zero-order valence-corrected chi connectivity index (χ0v) is 19.3. The molecule has 0 fully saturated rings. The van der Waals surface area contributed by atoms with Gasteiger partial charge in [0.2, 0.25) is 0 Å². The van der Waals surface area contributed by atoms with E-state index in [1.54, 1.807) is 0 Å². The maximum absolute atomic E-state index is 14.1. The Morgan fingerprint density at radius 1 is 1.05 bits per heavy atom. The van der Waals surface area contributed by atoms with Crippen LogP contribution in [0, 0.1) is 5.82 Å². The number of carbonyl (C=O) groups excluding carboxylic acids is 1. The van der Waals surface area contributed by atoms with Crippen LogP contribution in [-0.2, 0) is 32.0 Å². The van der Waals surface area contributed by atoms with Gasteiger partial charge in [-0.3, -0.25) is 4.79 Å². The van der Waals surface area contributed by atoms with Crippen molar-refractivity contribution in [3.05, 3.63) is 81.8 Å². The highest BCUT2D eigenvalue weighted by molar-refractivity contribution is 6.01. The molecule has 3 aromatic rings. The highest BCUT2D eigenvalue weighted by atomic mass is 19.4. The average Bonchev–Trinajstić information content (AvgIpc) is 3.39. The third kappa shape index (κ3) is 5.41. The predicted octanol–water partition coefficient (Wildman–Crippen LogP) is 5.06. The number of halogens is 7. The molecule has 0 spiro atoms. The maximum atomic E-state index is 14.1. The first kappa shape index (κ1) is 26.5. The molecular weight excluding hydrogens is 509 g/mol. The summed E-state index contributed by atoms with van der Waals surface area (Å²) in [7, 11) is 0. The Balaban J connectivity index is 1.63. The fraction of sp³-hybridized carbons (Fsp3) is 0.333. The van der Waals surface area contributed by atoms with Gasteiger partial charge in [0, 0.05) is 18.7 Å². The van der Waals surface area contributed by atoms with Crippen molar-refractivity contribution in [2.45, 2.75) is 45.0 Å². The largest absolute Gasteiger partial charge is 0.436 e. The standard InChI is InChI=1S/C24H21F7N4O2/c1-13(15-4-5-16(12-36)18(25)10-15)32-21(37)19-20(24(29,30)31)33-35-9-8-34(22(19)35)11-14-2-6-17(7-3-14)23(26,27)28/h2-7,10,13,36H,8-9,11-12H2,1H3,(H,32,37)/t13-/m0/s1. The topological polar surface area (TPSA) is 70.4 Å². The number of hydrogen-bond donors (Lipinski definition) is 2. The number of nitrogens with one attached hydrogen (secondary N) is 1. The Labute approximate surface area is 206 Å². The monoisotopic (exact) mass is 530 g/mol. The van der Waals surface area contributed by atoms with Crippen LogP contribution in [0.3, 0.4) is 0 Å². The lowest BCUT2D eigenvalue weighted by atomic mass is 10.0. The van der Waals surface area contributed by atoms with E-state index in [4.69, 9.17) is 5.11 Å². The molecule has 198 valence electrons. The van der Waals surface area contributed by atoms with Gasteiger partial charge in [0.15, 0.2) is 5.69 Å². The van der Waals surface area contributed by atoms with E-state index in [0.717, 1.165) is 22.9 Å². The number of anilines is 1.